The molecule has 1 atom stereocenters. The fourth-order valence-electron chi connectivity index (χ4n) is 1.50. The molecule has 0 aliphatic heterocycles. The van der Waals surface area contributed by atoms with Crippen molar-refractivity contribution in [2.45, 2.75) is 19.3 Å². The topological polar surface area (TPSA) is 69.1 Å². The van der Waals surface area contributed by atoms with Crippen LogP contribution in [0.15, 0.2) is 18.6 Å². The van der Waals surface area contributed by atoms with Crippen LogP contribution in [-0.2, 0) is 0 Å². The third-order valence-electron chi connectivity index (χ3n) is 2.38. The first-order chi connectivity index (χ1) is 6.86. The molecule has 5 heteroatoms. The zero-order valence-electron chi connectivity index (χ0n) is 8.09. The van der Waals surface area contributed by atoms with Gasteiger partial charge in [-0.05, 0) is 6.42 Å². The van der Waals surface area contributed by atoms with Crippen LogP contribution in [0.2, 0.25) is 0 Å². The molecule has 0 amide bonds. The maximum absolute atomic E-state index is 5.67. The molecule has 0 saturated heterocycles. The summed E-state index contributed by atoms with van der Waals surface area (Å²) in [5.74, 6) is 1.19. The monoisotopic (exact) mass is 191 g/mol. The summed E-state index contributed by atoms with van der Waals surface area (Å²) in [6.07, 6.45) is 6.26. The van der Waals surface area contributed by atoms with Gasteiger partial charge in [0.15, 0.2) is 5.65 Å². The Bertz CT molecular complexity index is 418. The van der Waals surface area contributed by atoms with E-state index in [1.54, 1.807) is 12.4 Å². The summed E-state index contributed by atoms with van der Waals surface area (Å²) in [6.45, 7) is 2.69. The Hall–Kier alpha value is -1.49. The van der Waals surface area contributed by atoms with Crippen LogP contribution in [0.4, 0.5) is 0 Å². The zero-order chi connectivity index (χ0) is 9.97. The number of hydrogen-bond donors (Lipinski definition) is 1. The van der Waals surface area contributed by atoms with Crippen molar-refractivity contribution in [1.29, 1.82) is 0 Å². The van der Waals surface area contributed by atoms with Crippen LogP contribution in [0.3, 0.4) is 0 Å². The van der Waals surface area contributed by atoms with Crippen LogP contribution in [0.5, 0.6) is 0 Å². The van der Waals surface area contributed by atoms with Gasteiger partial charge in [-0.3, -0.25) is 9.38 Å². The van der Waals surface area contributed by atoms with Gasteiger partial charge < -0.3 is 5.73 Å². The van der Waals surface area contributed by atoms with Gasteiger partial charge in [-0.2, -0.15) is 0 Å². The second kappa shape index (κ2) is 3.71. The van der Waals surface area contributed by atoms with E-state index in [0.29, 0.717) is 6.54 Å². The Kier molecular flexibility index (Phi) is 2.41. The average Bonchev–Trinajstić information content (AvgIpc) is 2.65. The molecule has 14 heavy (non-hydrogen) atoms. The molecule has 0 fully saturated rings. The van der Waals surface area contributed by atoms with E-state index in [-0.39, 0.29) is 5.92 Å². The maximum Gasteiger partial charge on any atom is 0.179 e. The minimum atomic E-state index is 0.271. The number of nitrogens with zero attached hydrogens (tertiary/aromatic N) is 4. The first kappa shape index (κ1) is 9.08. The zero-order valence-corrected chi connectivity index (χ0v) is 8.09. The van der Waals surface area contributed by atoms with Gasteiger partial charge in [0.1, 0.15) is 5.82 Å². The highest BCUT2D eigenvalue weighted by atomic mass is 15.3. The molecule has 0 saturated carbocycles. The molecule has 0 aliphatic carbocycles. The number of nitrogens with two attached hydrogens (primary N) is 1. The number of hydrogen-bond acceptors (Lipinski definition) is 4. The first-order valence-electron chi connectivity index (χ1n) is 4.71. The van der Waals surface area contributed by atoms with E-state index in [4.69, 9.17) is 5.73 Å². The van der Waals surface area contributed by atoms with Gasteiger partial charge >= 0.3 is 0 Å². The molecule has 74 valence electrons. The van der Waals surface area contributed by atoms with Gasteiger partial charge in [-0.15, -0.1) is 10.2 Å². The van der Waals surface area contributed by atoms with Crippen LogP contribution in [0, 0.1) is 0 Å². The fraction of sp³-hybridized carbons (Fsp3) is 0.444. The van der Waals surface area contributed by atoms with Gasteiger partial charge in [0.05, 0.1) is 6.20 Å². The van der Waals surface area contributed by atoms with Crippen molar-refractivity contribution in [1.82, 2.24) is 19.6 Å². The van der Waals surface area contributed by atoms with Crippen LogP contribution in [-0.4, -0.2) is 26.1 Å². The van der Waals surface area contributed by atoms with Gasteiger partial charge in [-0.25, -0.2) is 0 Å². The highest BCUT2D eigenvalue weighted by Gasteiger charge is 2.14. The van der Waals surface area contributed by atoms with Gasteiger partial charge in [0.25, 0.3) is 0 Å². The smallest absolute Gasteiger partial charge is 0.179 e. The summed E-state index contributed by atoms with van der Waals surface area (Å²) in [4.78, 5) is 3.98. The molecule has 0 aromatic carbocycles. The molecule has 0 aliphatic rings. The first-order valence-corrected chi connectivity index (χ1v) is 4.71. The Labute approximate surface area is 82.0 Å². The molecule has 2 aromatic heterocycles. The lowest BCUT2D eigenvalue weighted by Gasteiger charge is -2.08. The predicted octanol–water partition coefficient (Wildman–Crippen LogP) is 0.577. The van der Waals surface area contributed by atoms with Crippen molar-refractivity contribution in [2.24, 2.45) is 5.73 Å². The Morgan fingerprint density at radius 1 is 1.50 bits per heavy atom. The Balaban J connectivity index is 2.51. The Morgan fingerprint density at radius 2 is 2.36 bits per heavy atom. The standard InChI is InChI=1S/C9H13N5/c1-2-7(5-10)9-13-12-8-6-11-3-4-14(8)9/h3-4,6-7H,2,5,10H2,1H3. The number of rotatable bonds is 3. The lowest BCUT2D eigenvalue weighted by atomic mass is 10.1. The van der Waals surface area contributed by atoms with E-state index >= 15 is 0 Å². The van der Waals surface area contributed by atoms with Crippen molar-refractivity contribution < 1.29 is 0 Å². The van der Waals surface area contributed by atoms with Crippen LogP contribution < -0.4 is 5.73 Å². The quantitative estimate of drug-likeness (QED) is 0.770. The number of fused-ring (bicyclic) bond motifs is 1. The summed E-state index contributed by atoms with van der Waals surface area (Å²) in [6, 6.07) is 0. The van der Waals surface area contributed by atoms with Crippen LogP contribution >= 0.6 is 0 Å². The molecule has 1 unspecified atom stereocenters. The second-order valence-electron chi connectivity index (χ2n) is 3.20. The highest BCUT2D eigenvalue weighted by Crippen LogP contribution is 2.16. The summed E-state index contributed by atoms with van der Waals surface area (Å²) >= 11 is 0. The van der Waals surface area contributed by atoms with E-state index in [9.17, 15) is 0 Å². The van der Waals surface area contributed by atoms with Crippen LogP contribution in [0.1, 0.15) is 25.1 Å². The van der Waals surface area contributed by atoms with E-state index in [2.05, 4.69) is 22.1 Å². The van der Waals surface area contributed by atoms with Gasteiger partial charge in [0.2, 0.25) is 0 Å². The fourth-order valence-corrected chi connectivity index (χ4v) is 1.50. The van der Waals surface area contributed by atoms with Crippen LogP contribution in [0.25, 0.3) is 5.65 Å². The lowest BCUT2D eigenvalue weighted by Crippen LogP contribution is -2.14. The Morgan fingerprint density at radius 3 is 3.07 bits per heavy atom. The molecular weight excluding hydrogens is 178 g/mol. The molecule has 0 bridgehead atoms. The van der Waals surface area contributed by atoms with E-state index < -0.39 is 0 Å². The summed E-state index contributed by atoms with van der Waals surface area (Å²) in [7, 11) is 0. The van der Waals surface area contributed by atoms with Gasteiger partial charge in [0, 0.05) is 24.9 Å². The average molecular weight is 191 g/mol. The normalized spacial score (nSPS) is 13.3. The van der Waals surface area contributed by atoms with Gasteiger partial charge in [-0.1, -0.05) is 6.92 Å². The molecule has 2 rings (SSSR count). The minimum absolute atomic E-state index is 0.271. The van der Waals surface area contributed by atoms with E-state index in [0.717, 1.165) is 17.9 Å². The molecule has 5 nitrogen and oxygen atoms in total. The highest BCUT2D eigenvalue weighted by molar-refractivity contribution is 5.34. The molecule has 2 heterocycles. The third-order valence-corrected chi connectivity index (χ3v) is 2.38. The lowest BCUT2D eigenvalue weighted by molar-refractivity contribution is 0.623. The van der Waals surface area contributed by atoms with Crippen molar-refractivity contribution in [3.05, 3.63) is 24.4 Å². The SMILES string of the molecule is CCC(CN)c1nnc2cnccn12. The molecule has 2 N–H and O–H groups in total. The molecule has 2 aromatic rings. The van der Waals surface area contributed by atoms with Crippen molar-refractivity contribution in [3.63, 3.8) is 0 Å². The summed E-state index contributed by atoms with van der Waals surface area (Å²) in [5.41, 5.74) is 6.44. The van der Waals surface area contributed by atoms with Crippen molar-refractivity contribution in [3.8, 4) is 0 Å². The van der Waals surface area contributed by atoms with E-state index in [1.807, 2.05) is 10.6 Å². The predicted molar refractivity (Wildman–Crippen MR) is 52.9 cm³/mol. The summed E-state index contributed by atoms with van der Waals surface area (Å²) in [5, 5.41) is 8.16. The maximum atomic E-state index is 5.67. The minimum Gasteiger partial charge on any atom is -0.330 e. The molecular formula is C9H13N5. The summed E-state index contributed by atoms with van der Waals surface area (Å²) < 4.78 is 1.94. The molecule has 0 radical (unpaired) electrons. The van der Waals surface area contributed by atoms with Crippen molar-refractivity contribution in [2.75, 3.05) is 6.54 Å². The van der Waals surface area contributed by atoms with E-state index in [1.165, 1.54) is 0 Å². The molecule has 0 spiro atoms. The number of aromatic nitrogens is 4. The largest absolute Gasteiger partial charge is 0.330 e. The van der Waals surface area contributed by atoms with Crippen molar-refractivity contribution >= 4 is 5.65 Å². The second-order valence-corrected chi connectivity index (χ2v) is 3.20. The third kappa shape index (κ3) is 1.35.